The quantitative estimate of drug-likeness (QED) is 0.574. The molecule has 0 saturated carbocycles. The van der Waals surface area contributed by atoms with E-state index in [4.69, 9.17) is 4.74 Å². The standard InChI is InChI=1S/C21H27NO4/c1-6-12(2)16-7-9-17(10-8-16)18(24)11-26-21(25)20-13(3)19(15(5)23)14(4)22-20/h7-10,12,15,22-23H,6,11H2,1-5H3/t12-,15+/m1/s1. The van der Waals surface area contributed by atoms with E-state index in [1.807, 2.05) is 12.1 Å². The minimum Gasteiger partial charge on any atom is -0.453 e. The Kier molecular flexibility index (Phi) is 6.37. The van der Waals surface area contributed by atoms with Crippen molar-refractivity contribution in [3.8, 4) is 0 Å². The summed E-state index contributed by atoms with van der Waals surface area (Å²) in [5.74, 6) is -0.396. The monoisotopic (exact) mass is 357 g/mol. The predicted molar refractivity (Wildman–Crippen MR) is 101 cm³/mol. The van der Waals surface area contributed by atoms with Crippen LogP contribution in [0.4, 0.5) is 0 Å². The largest absolute Gasteiger partial charge is 0.453 e. The van der Waals surface area contributed by atoms with Crippen LogP contribution < -0.4 is 0 Å². The molecule has 0 aliphatic carbocycles. The van der Waals surface area contributed by atoms with Gasteiger partial charge in [0.1, 0.15) is 5.69 Å². The second-order valence-electron chi connectivity index (χ2n) is 6.77. The van der Waals surface area contributed by atoms with Gasteiger partial charge in [0.25, 0.3) is 0 Å². The molecule has 1 heterocycles. The molecule has 2 rings (SSSR count). The van der Waals surface area contributed by atoms with E-state index in [1.165, 1.54) is 5.56 Å². The van der Waals surface area contributed by atoms with Crippen molar-refractivity contribution in [2.45, 2.75) is 53.1 Å². The number of aliphatic hydroxyl groups is 1. The van der Waals surface area contributed by atoms with Crippen LogP contribution in [0.25, 0.3) is 0 Å². The van der Waals surface area contributed by atoms with Crippen molar-refractivity contribution in [2.24, 2.45) is 0 Å². The number of esters is 1. The summed E-state index contributed by atoms with van der Waals surface area (Å²) in [6.07, 6.45) is 0.354. The third kappa shape index (κ3) is 4.22. The number of carbonyl (C=O) groups is 2. The van der Waals surface area contributed by atoms with Gasteiger partial charge in [0.05, 0.1) is 6.10 Å². The molecule has 0 aliphatic rings. The lowest BCUT2D eigenvalue weighted by molar-refractivity contribution is 0.0468. The van der Waals surface area contributed by atoms with E-state index in [9.17, 15) is 14.7 Å². The maximum absolute atomic E-state index is 12.3. The van der Waals surface area contributed by atoms with Gasteiger partial charge in [-0.05, 0) is 44.2 Å². The fourth-order valence-corrected chi connectivity index (χ4v) is 3.12. The molecule has 0 bridgehead atoms. The van der Waals surface area contributed by atoms with Crippen LogP contribution in [-0.4, -0.2) is 28.4 Å². The number of aromatic nitrogens is 1. The first-order valence-electron chi connectivity index (χ1n) is 8.93. The van der Waals surface area contributed by atoms with Crippen LogP contribution in [0.3, 0.4) is 0 Å². The summed E-state index contributed by atoms with van der Waals surface area (Å²) >= 11 is 0. The molecule has 26 heavy (non-hydrogen) atoms. The van der Waals surface area contributed by atoms with Gasteiger partial charge in [-0.3, -0.25) is 4.79 Å². The number of carbonyl (C=O) groups excluding carboxylic acids is 2. The molecule has 5 heteroatoms. The van der Waals surface area contributed by atoms with Crippen molar-refractivity contribution in [2.75, 3.05) is 6.61 Å². The van der Waals surface area contributed by atoms with E-state index < -0.39 is 12.1 Å². The zero-order valence-electron chi connectivity index (χ0n) is 16.1. The van der Waals surface area contributed by atoms with Gasteiger partial charge in [-0.25, -0.2) is 4.79 Å². The van der Waals surface area contributed by atoms with E-state index in [1.54, 1.807) is 32.9 Å². The summed E-state index contributed by atoms with van der Waals surface area (Å²) < 4.78 is 5.17. The number of rotatable bonds is 7. The normalized spacial score (nSPS) is 13.3. The molecule has 0 saturated heterocycles. The number of aryl methyl sites for hydroxylation is 1. The van der Waals surface area contributed by atoms with Crippen molar-refractivity contribution in [1.82, 2.24) is 4.98 Å². The molecule has 2 N–H and O–H groups in total. The van der Waals surface area contributed by atoms with Gasteiger partial charge in [0.2, 0.25) is 0 Å². The third-order valence-corrected chi connectivity index (χ3v) is 4.87. The highest BCUT2D eigenvalue weighted by atomic mass is 16.5. The zero-order valence-corrected chi connectivity index (χ0v) is 16.1. The minimum absolute atomic E-state index is 0.245. The lowest BCUT2D eigenvalue weighted by Gasteiger charge is -2.09. The molecule has 1 aromatic carbocycles. The second-order valence-corrected chi connectivity index (χ2v) is 6.77. The smallest absolute Gasteiger partial charge is 0.355 e. The van der Waals surface area contributed by atoms with Gasteiger partial charge in [-0.15, -0.1) is 0 Å². The summed E-state index contributed by atoms with van der Waals surface area (Å²) in [5.41, 5.74) is 4.03. The Morgan fingerprint density at radius 1 is 1.15 bits per heavy atom. The first-order chi connectivity index (χ1) is 12.3. The summed E-state index contributed by atoms with van der Waals surface area (Å²) in [6, 6.07) is 7.42. The molecule has 0 unspecified atom stereocenters. The Labute approximate surface area is 154 Å². The van der Waals surface area contributed by atoms with E-state index in [-0.39, 0.29) is 18.1 Å². The lowest BCUT2D eigenvalue weighted by Crippen LogP contribution is -2.15. The maximum atomic E-state index is 12.3. The minimum atomic E-state index is -0.682. The number of aliphatic hydroxyl groups excluding tert-OH is 1. The molecular weight excluding hydrogens is 330 g/mol. The van der Waals surface area contributed by atoms with E-state index >= 15 is 0 Å². The molecule has 1 aromatic heterocycles. The number of nitrogens with one attached hydrogen (secondary N) is 1. The van der Waals surface area contributed by atoms with Gasteiger partial charge < -0.3 is 14.8 Å². The van der Waals surface area contributed by atoms with Crippen LogP contribution in [0.5, 0.6) is 0 Å². The Balaban J connectivity index is 2.03. The van der Waals surface area contributed by atoms with Crippen LogP contribution in [0, 0.1) is 13.8 Å². The molecule has 0 spiro atoms. The van der Waals surface area contributed by atoms with Gasteiger partial charge in [-0.1, -0.05) is 38.1 Å². The number of Topliss-reactive ketones (excluding diaryl/α,β-unsaturated/α-hetero) is 1. The zero-order chi connectivity index (χ0) is 19.4. The summed E-state index contributed by atoms with van der Waals surface area (Å²) in [4.78, 5) is 27.5. The molecule has 2 aromatic rings. The first-order valence-corrected chi connectivity index (χ1v) is 8.93. The van der Waals surface area contributed by atoms with Crippen LogP contribution in [0.1, 0.15) is 82.4 Å². The second kappa shape index (κ2) is 8.32. The summed E-state index contributed by atoms with van der Waals surface area (Å²) in [6.45, 7) is 9.12. The van der Waals surface area contributed by atoms with E-state index in [0.717, 1.165) is 12.1 Å². The Bertz CT molecular complexity index is 787. The van der Waals surface area contributed by atoms with Crippen molar-refractivity contribution in [3.05, 3.63) is 57.9 Å². The molecule has 2 atom stereocenters. The topological polar surface area (TPSA) is 79.4 Å². The Morgan fingerprint density at radius 3 is 2.27 bits per heavy atom. The van der Waals surface area contributed by atoms with Gasteiger partial charge in [0, 0.05) is 16.8 Å². The first kappa shape index (κ1) is 19.9. The number of benzene rings is 1. The number of H-pyrrole nitrogens is 1. The van der Waals surface area contributed by atoms with Crippen LogP contribution >= 0.6 is 0 Å². The van der Waals surface area contributed by atoms with Crippen molar-refractivity contribution in [3.63, 3.8) is 0 Å². The highest BCUT2D eigenvalue weighted by Gasteiger charge is 2.21. The van der Waals surface area contributed by atoms with Crippen LogP contribution in [0.15, 0.2) is 24.3 Å². The highest BCUT2D eigenvalue weighted by molar-refractivity contribution is 5.99. The van der Waals surface area contributed by atoms with Crippen molar-refractivity contribution >= 4 is 11.8 Å². The van der Waals surface area contributed by atoms with Gasteiger partial charge in [-0.2, -0.15) is 0 Å². The van der Waals surface area contributed by atoms with E-state index in [2.05, 4.69) is 18.8 Å². The third-order valence-electron chi connectivity index (χ3n) is 4.87. The molecular formula is C21H27NO4. The number of ketones is 1. The molecule has 0 aliphatic heterocycles. The molecule has 5 nitrogen and oxygen atoms in total. The fraction of sp³-hybridized carbons (Fsp3) is 0.429. The van der Waals surface area contributed by atoms with E-state index in [0.29, 0.717) is 22.6 Å². The number of ether oxygens (including phenoxy) is 1. The van der Waals surface area contributed by atoms with Gasteiger partial charge in [0.15, 0.2) is 12.4 Å². The molecule has 140 valence electrons. The lowest BCUT2D eigenvalue weighted by atomic mass is 9.97. The average Bonchev–Trinajstić information content (AvgIpc) is 2.93. The predicted octanol–water partition coefficient (Wildman–Crippen LogP) is 4.24. The van der Waals surface area contributed by atoms with Gasteiger partial charge >= 0.3 is 5.97 Å². The molecule has 0 radical (unpaired) electrons. The summed E-state index contributed by atoms with van der Waals surface area (Å²) in [5, 5.41) is 9.80. The van der Waals surface area contributed by atoms with Crippen LogP contribution in [0.2, 0.25) is 0 Å². The summed E-state index contributed by atoms with van der Waals surface area (Å²) in [7, 11) is 0. The fourth-order valence-electron chi connectivity index (χ4n) is 3.12. The Hall–Kier alpha value is -2.40. The molecule has 0 amide bonds. The van der Waals surface area contributed by atoms with Crippen molar-refractivity contribution < 1.29 is 19.4 Å². The number of aromatic amines is 1. The number of hydrogen-bond donors (Lipinski definition) is 2. The average molecular weight is 357 g/mol. The highest BCUT2D eigenvalue weighted by Crippen LogP contribution is 2.25. The van der Waals surface area contributed by atoms with Crippen LogP contribution in [-0.2, 0) is 4.74 Å². The maximum Gasteiger partial charge on any atom is 0.355 e. The molecule has 0 fully saturated rings. The number of hydrogen-bond acceptors (Lipinski definition) is 4. The SMILES string of the molecule is CC[C@@H](C)c1ccc(C(=O)COC(=O)c2[nH]c(C)c([C@H](C)O)c2C)cc1. The van der Waals surface area contributed by atoms with Crippen molar-refractivity contribution in [1.29, 1.82) is 0 Å². The Morgan fingerprint density at radius 2 is 1.77 bits per heavy atom.